The molecule has 1 aliphatic heterocycles. The molecule has 1 saturated heterocycles. The average Bonchev–Trinajstić information content (AvgIpc) is 3.12. The smallest absolute Gasteiger partial charge is 0.222 e. The maximum atomic E-state index is 12.9. The molecule has 0 aliphatic carbocycles. The molecule has 1 fully saturated rings. The Labute approximate surface area is 343 Å². The number of aliphatic hydroxyl groups excluding tert-OH is 12. The first kappa shape index (κ1) is 54.1. The highest BCUT2D eigenvalue weighted by Gasteiger charge is 2.44. The van der Waals surface area contributed by atoms with Crippen LogP contribution >= 0.6 is 0 Å². The van der Waals surface area contributed by atoms with Crippen molar-refractivity contribution in [1.82, 2.24) is 5.32 Å². The van der Waals surface area contributed by atoms with Gasteiger partial charge in [0.05, 0.1) is 67.1 Å². The fourth-order valence-corrected chi connectivity index (χ4v) is 6.68. The minimum absolute atomic E-state index is 0.0501. The van der Waals surface area contributed by atoms with Gasteiger partial charge in [-0.2, -0.15) is 0 Å². The van der Waals surface area contributed by atoms with Crippen LogP contribution in [0.4, 0.5) is 0 Å². The lowest BCUT2D eigenvalue weighted by atomic mass is 9.91. The van der Waals surface area contributed by atoms with E-state index in [1.165, 1.54) is 25.2 Å². The first-order valence-electron chi connectivity index (χ1n) is 20.8. The fraction of sp³-hybridized carbons (Fsp3) is 0.854. The van der Waals surface area contributed by atoms with Crippen LogP contribution < -0.4 is 5.32 Å². The van der Waals surface area contributed by atoms with E-state index in [9.17, 15) is 70.9 Å². The molecule has 0 spiro atoms. The molecule has 0 bridgehead atoms. The summed E-state index contributed by atoms with van der Waals surface area (Å²) < 4.78 is 11.2. The van der Waals surface area contributed by atoms with Crippen molar-refractivity contribution in [2.45, 2.75) is 203 Å². The number of carbonyl (C=O) groups excluding carboxylic acids is 2. The van der Waals surface area contributed by atoms with E-state index in [1.807, 2.05) is 0 Å². The molecule has 340 valence electrons. The number of carbonyl (C=O) groups is 2. The van der Waals surface area contributed by atoms with Crippen molar-refractivity contribution >= 4 is 11.7 Å². The third-order valence-electron chi connectivity index (χ3n) is 10.3. The zero-order chi connectivity index (χ0) is 44.1. The number of aliphatic hydroxyl groups is 12. The van der Waals surface area contributed by atoms with Gasteiger partial charge in [-0.15, -0.1) is 0 Å². The molecule has 0 saturated carbocycles. The summed E-state index contributed by atoms with van der Waals surface area (Å²) in [6, 6.07) is 0. The van der Waals surface area contributed by atoms with Gasteiger partial charge in [0.2, 0.25) is 5.91 Å². The summed E-state index contributed by atoms with van der Waals surface area (Å²) in [7, 11) is 0. The molecule has 1 rings (SSSR count). The standard InChI is InChI=1S/C41H75NO16/c1-6-36(58-41-39(55)38(54)37(53)25(5)57-41)24(4)35(52)22-34(51)21-33(50)19-29(46)13-8-12-28(45)18-32(49)20-31(48)17-27(44)11-7-10-26(43)16-30(47)14-9-15-42-40(56)23(2)3/h7-8,11,13,23-34,36-39,41,43-51,53-55H,6,9-10,12,14-22H2,1-5H3,(H,42,56)/b11-7+,13-8+. The maximum absolute atomic E-state index is 12.9. The van der Waals surface area contributed by atoms with Gasteiger partial charge in [0.25, 0.3) is 0 Å². The summed E-state index contributed by atoms with van der Waals surface area (Å²) in [5.41, 5.74) is 0. The molecular formula is C41H75NO16. The average molecular weight is 838 g/mol. The quantitative estimate of drug-likeness (QED) is 0.0312. The van der Waals surface area contributed by atoms with Crippen molar-refractivity contribution in [3.05, 3.63) is 24.3 Å². The Balaban J connectivity index is 2.34. The van der Waals surface area contributed by atoms with E-state index < -0.39 is 97.7 Å². The predicted molar refractivity (Wildman–Crippen MR) is 213 cm³/mol. The van der Waals surface area contributed by atoms with Gasteiger partial charge >= 0.3 is 0 Å². The Hall–Kier alpha value is -1.94. The molecule has 0 aromatic rings. The highest BCUT2D eigenvalue weighted by molar-refractivity contribution is 5.81. The second-order valence-corrected chi connectivity index (χ2v) is 16.3. The maximum Gasteiger partial charge on any atom is 0.222 e. The van der Waals surface area contributed by atoms with Gasteiger partial charge < -0.3 is 76.1 Å². The van der Waals surface area contributed by atoms with Crippen LogP contribution in [0.3, 0.4) is 0 Å². The normalized spacial score (nSPS) is 26.1. The third-order valence-corrected chi connectivity index (χ3v) is 10.3. The predicted octanol–water partition coefficient (Wildman–Crippen LogP) is -0.762. The van der Waals surface area contributed by atoms with Gasteiger partial charge in [0.15, 0.2) is 6.29 Å². The van der Waals surface area contributed by atoms with Crippen LogP contribution in [-0.2, 0) is 19.1 Å². The number of rotatable bonds is 30. The van der Waals surface area contributed by atoms with Crippen LogP contribution in [0.25, 0.3) is 0 Å². The summed E-state index contributed by atoms with van der Waals surface area (Å²) in [5, 5.41) is 126. The molecule has 16 unspecified atom stereocenters. The molecule has 16 atom stereocenters. The van der Waals surface area contributed by atoms with Crippen molar-refractivity contribution in [1.29, 1.82) is 0 Å². The number of amides is 1. The summed E-state index contributed by atoms with van der Waals surface area (Å²) in [6.07, 6.45) is -10.0. The lowest BCUT2D eigenvalue weighted by molar-refractivity contribution is -0.306. The Morgan fingerprint density at radius 2 is 1.16 bits per heavy atom. The van der Waals surface area contributed by atoms with Crippen LogP contribution in [0.15, 0.2) is 24.3 Å². The lowest BCUT2D eigenvalue weighted by Gasteiger charge is -2.40. The Morgan fingerprint density at radius 1 is 0.672 bits per heavy atom. The van der Waals surface area contributed by atoms with Crippen LogP contribution in [-0.4, -0.2) is 171 Å². The van der Waals surface area contributed by atoms with Crippen LogP contribution in [0.1, 0.15) is 112 Å². The van der Waals surface area contributed by atoms with Crippen LogP contribution in [0.5, 0.6) is 0 Å². The van der Waals surface area contributed by atoms with Crippen molar-refractivity contribution in [3.63, 3.8) is 0 Å². The molecule has 17 heteroatoms. The van der Waals surface area contributed by atoms with Crippen molar-refractivity contribution in [2.75, 3.05) is 6.54 Å². The van der Waals surface area contributed by atoms with Crippen molar-refractivity contribution in [2.24, 2.45) is 11.8 Å². The number of ketones is 1. The second kappa shape index (κ2) is 28.6. The molecule has 1 amide bonds. The zero-order valence-corrected chi connectivity index (χ0v) is 34.8. The van der Waals surface area contributed by atoms with Gasteiger partial charge in [0.1, 0.15) is 24.1 Å². The van der Waals surface area contributed by atoms with Crippen LogP contribution in [0, 0.1) is 11.8 Å². The van der Waals surface area contributed by atoms with E-state index in [-0.39, 0.29) is 75.4 Å². The van der Waals surface area contributed by atoms with E-state index in [4.69, 9.17) is 9.47 Å². The largest absolute Gasteiger partial charge is 0.393 e. The van der Waals surface area contributed by atoms with Crippen molar-refractivity contribution < 1.29 is 80.3 Å². The third kappa shape index (κ3) is 22.1. The van der Waals surface area contributed by atoms with Crippen molar-refractivity contribution in [3.8, 4) is 0 Å². The number of nitrogens with one attached hydrogen (secondary N) is 1. The van der Waals surface area contributed by atoms with E-state index in [1.54, 1.807) is 33.8 Å². The molecule has 1 aliphatic rings. The van der Waals surface area contributed by atoms with Gasteiger partial charge in [-0.1, -0.05) is 52.0 Å². The topological polar surface area (TPSA) is 307 Å². The summed E-state index contributed by atoms with van der Waals surface area (Å²) in [6.45, 7) is 8.87. The Morgan fingerprint density at radius 3 is 1.67 bits per heavy atom. The molecule has 0 aromatic carbocycles. The van der Waals surface area contributed by atoms with Gasteiger partial charge in [0, 0.05) is 37.6 Å². The Bertz CT molecular complexity index is 1190. The number of hydrogen-bond donors (Lipinski definition) is 13. The first-order valence-corrected chi connectivity index (χ1v) is 20.8. The molecule has 0 radical (unpaired) electrons. The molecule has 13 N–H and O–H groups in total. The zero-order valence-electron chi connectivity index (χ0n) is 34.8. The van der Waals surface area contributed by atoms with Gasteiger partial charge in [-0.05, 0) is 64.7 Å². The first-order chi connectivity index (χ1) is 27.1. The molecule has 1 heterocycles. The van der Waals surface area contributed by atoms with E-state index in [2.05, 4.69) is 5.32 Å². The van der Waals surface area contributed by atoms with E-state index >= 15 is 0 Å². The molecule has 17 nitrogen and oxygen atoms in total. The number of ether oxygens (including phenoxy) is 2. The lowest BCUT2D eigenvalue weighted by Crippen LogP contribution is -2.58. The molecule has 0 aromatic heterocycles. The SMILES string of the molecule is CCC(OC1OC(C)C(O)C(O)C1O)C(C)C(=O)CC(O)CC(O)CC(O)/C=C/CC(O)CC(O)CC(O)CC(O)/C=C/CC(O)CC(O)CCCNC(=O)C(C)C. The summed E-state index contributed by atoms with van der Waals surface area (Å²) in [5.74, 6) is -1.29. The minimum atomic E-state index is -1.53. The second-order valence-electron chi connectivity index (χ2n) is 16.3. The highest BCUT2D eigenvalue weighted by atomic mass is 16.7. The Kier molecular flexibility index (Phi) is 26.6. The summed E-state index contributed by atoms with van der Waals surface area (Å²) >= 11 is 0. The number of Topliss-reactive ketones (excluding diaryl/α,β-unsaturated/α-hetero) is 1. The molecular weight excluding hydrogens is 762 g/mol. The van der Waals surface area contributed by atoms with E-state index in [0.29, 0.717) is 25.8 Å². The number of hydrogen-bond acceptors (Lipinski definition) is 16. The van der Waals surface area contributed by atoms with Gasteiger partial charge in [-0.25, -0.2) is 0 Å². The summed E-state index contributed by atoms with van der Waals surface area (Å²) in [4.78, 5) is 24.5. The molecule has 58 heavy (non-hydrogen) atoms. The highest BCUT2D eigenvalue weighted by Crippen LogP contribution is 2.26. The van der Waals surface area contributed by atoms with Gasteiger partial charge in [-0.3, -0.25) is 9.59 Å². The monoisotopic (exact) mass is 838 g/mol. The minimum Gasteiger partial charge on any atom is -0.393 e. The fourth-order valence-electron chi connectivity index (χ4n) is 6.68. The van der Waals surface area contributed by atoms with E-state index in [0.717, 1.165) is 0 Å². The van der Waals surface area contributed by atoms with Crippen LogP contribution in [0.2, 0.25) is 0 Å².